The molecule has 0 atom stereocenters. The van der Waals surface area contributed by atoms with Crippen LogP contribution in [0.25, 0.3) is 0 Å². The molecule has 0 aromatic heterocycles. The fraction of sp³-hybridized carbons (Fsp3) is 0.417. The number of methoxy groups -OCH3 is 1. The van der Waals surface area contributed by atoms with E-state index in [-0.39, 0.29) is 0 Å². The predicted molar refractivity (Wildman–Crippen MR) is 70.0 cm³/mol. The minimum absolute atomic E-state index is 0.551. The summed E-state index contributed by atoms with van der Waals surface area (Å²) in [5.74, 6) is 0.806. The molecule has 0 amide bonds. The van der Waals surface area contributed by atoms with E-state index in [2.05, 4.69) is 10.6 Å². The van der Waals surface area contributed by atoms with Crippen molar-refractivity contribution in [2.75, 3.05) is 12.4 Å². The summed E-state index contributed by atoms with van der Waals surface area (Å²) in [5.41, 5.74) is 0.904. The first kappa shape index (κ1) is 11.2. The molecule has 0 unspecified atom stereocenters. The molecule has 4 heteroatoms. The Hall–Kier alpha value is -1.29. The van der Waals surface area contributed by atoms with Crippen LogP contribution in [0.3, 0.4) is 0 Å². The van der Waals surface area contributed by atoms with Gasteiger partial charge in [-0.15, -0.1) is 0 Å². The van der Waals surface area contributed by atoms with Crippen LogP contribution in [0.1, 0.15) is 19.3 Å². The molecule has 3 nitrogen and oxygen atoms in total. The number of nitrogens with one attached hydrogen (secondary N) is 2. The van der Waals surface area contributed by atoms with E-state index in [0.717, 1.165) is 11.4 Å². The molecule has 1 saturated carbocycles. The molecule has 0 spiro atoms. The van der Waals surface area contributed by atoms with Crippen LogP contribution in [0.5, 0.6) is 5.75 Å². The third-order valence-corrected chi connectivity index (χ3v) is 3.02. The molecule has 0 aliphatic heterocycles. The fourth-order valence-electron chi connectivity index (χ4n) is 1.64. The summed E-state index contributed by atoms with van der Waals surface area (Å²) in [5, 5.41) is 7.11. The van der Waals surface area contributed by atoms with Crippen LogP contribution >= 0.6 is 12.2 Å². The molecular weight excluding hydrogens is 220 g/mol. The van der Waals surface area contributed by atoms with Gasteiger partial charge < -0.3 is 15.4 Å². The van der Waals surface area contributed by atoms with Gasteiger partial charge in [-0.3, -0.25) is 0 Å². The lowest BCUT2D eigenvalue weighted by Crippen LogP contribution is -2.41. The number of hydrogen-bond donors (Lipinski definition) is 2. The van der Waals surface area contributed by atoms with Crippen molar-refractivity contribution in [2.45, 2.75) is 25.3 Å². The lowest BCUT2D eigenvalue weighted by atomic mass is 9.93. The zero-order valence-corrected chi connectivity index (χ0v) is 10.1. The molecule has 2 rings (SSSR count). The summed E-state index contributed by atoms with van der Waals surface area (Å²) in [6.07, 6.45) is 3.73. The first-order valence-corrected chi connectivity index (χ1v) is 5.91. The van der Waals surface area contributed by atoms with Crippen molar-refractivity contribution in [1.82, 2.24) is 5.32 Å². The number of ether oxygens (including phenoxy) is 1. The first-order valence-electron chi connectivity index (χ1n) is 5.50. The minimum atomic E-state index is 0.551. The highest BCUT2D eigenvalue weighted by atomic mass is 32.1. The monoisotopic (exact) mass is 236 g/mol. The van der Waals surface area contributed by atoms with E-state index in [4.69, 9.17) is 17.0 Å². The number of anilines is 1. The number of para-hydroxylation sites is 2. The lowest BCUT2D eigenvalue weighted by molar-refractivity contribution is 0.385. The van der Waals surface area contributed by atoms with Crippen LogP contribution in [0, 0.1) is 0 Å². The molecule has 86 valence electrons. The summed E-state index contributed by atoms with van der Waals surface area (Å²) in [6, 6.07) is 8.31. The summed E-state index contributed by atoms with van der Waals surface area (Å²) in [4.78, 5) is 0. The first-order chi connectivity index (χ1) is 7.79. The lowest BCUT2D eigenvalue weighted by Gasteiger charge is -2.28. The second kappa shape index (κ2) is 5.16. The Morgan fingerprint density at radius 2 is 2.12 bits per heavy atom. The third-order valence-electron chi connectivity index (χ3n) is 2.80. The third kappa shape index (κ3) is 2.64. The van der Waals surface area contributed by atoms with Crippen molar-refractivity contribution in [3.63, 3.8) is 0 Å². The van der Waals surface area contributed by atoms with E-state index >= 15 is 0 Å². The van der Waals surface area contributed by atoms with Gasteiger partial charge in [-0.1, -0.05) is 12.1 Å². The van der Waals surface area contributed by atoms with E-state index in [0.29, 0.717) is 11.2 Å². The van der Waals surface area contributed by atoms with E-state index in [1.165, 1.54) is 19.3 Å². The zero-order valence-electron chi connectivity index (χ0n) is 9.32. The van der Waals surface area contributed by atoms with Crippen LogP contribution in [-0.4, -0.2) is 18.3 Å². The number of rotatable bonds is 3. The van der Waals surface area contributed by atoms with Gasteiger partial charge in [0.2, 0.25) is 0 Å². The van der Waals surface area contributed by atoms with Crippen molar-refractivity contribution >= 4 is 23.0 Å². The molecule has 16 heavy (non-hydrogen) atoms. The molecule has 1 aromatic rings. The van der Waals surface area contributed by atoms with Crippen molar-refractivity contribution < 1.29 is 4.74 Å². The van der Waals surface area contributed by atoms with Gasteiger partial charge in [0.25, 0.3) is 0 Å². The Kier molecular flexibility index (Phi) is 3.62. The van der Waals surface area contributed by atoms with Crippen LogP contribution < -0.4 is 15.4 Å². The molecule has 1 aliphatic rings. The Morgan fingerprint density at radius 1 is 1.38 bits per heavy atom. The predicted octanol–water partition coefficient (Wildman–Crippen LogP) is 2.53. The van der Waals surface area contributed by atoms with Crippen molar-refractivity contribution in [3.05, 3.63) is 24.3 Å². The van der Waals surface area contributed by atoms with Gasteiger partial charge in [0.15, 0.2) is 5.11 Å². The van der Waals surface area contributed by atoms with E-state index in [9.17, 15) is 0 Å². The summed E-state index contributed by atoms with van der Waals surface area (Å²) >= 11 is 5.24. The van der Waals surface area contributed by atoms with Crippen LogP contribution in [0.2, 0.25) is 0 Å². The maximum absolute atomic E-state index is 5.24. The van der Waals surface area contributed by atoms with Crippen molar-refractivity contribution in [1.29, 1.82) is 0 Å². The Bertz CT molecular complexity index is 377. The molecule has 0 saturated heterocycles. The number of benzene rings is 1. The van der Waals surface area contributed by atoms with Crippen LogP contribution in [-0.2, 0) is 0 Å². The molecule has 1 fully saturated rings. The maximum atomic E-state index is 5.24. The molecule has 1 aliphatic carbocycles. The van der Waals surface area contributed by atoms with Gasteiger partial charge in [0.05, 0.1) is 12.8 Å². The summed E-state index contributed by atoms with van der Waals surface area (Å²) < 4.78 is 5.24. The zero-order chi connectivity index (χ0) is 11.4. The largest absolute Gasteiger partial charge is 0.495 e. The topological polar surface area (TPSA) is 33.3 Å². The van der Waals surface area contributed by atoms with Gasteiger partial charge >= 0.3 is 0 Å². The number of thiocarbonyl (C=S) groups is 1. The number of hydrogen-bond acceptors (Lipinski definition) is 2. The minimum Gasteiger partial charge on any atom is -0.495 e. The van der Waals surface area contributed by atoms with Crippen LogP contribution in [0.15, 0.2) is 24.3 Å². The average Bonchev–Trinajstić information content (AvgIpc) is 2.24. The van der Waals surface area contributed by atoms with Gasteiger partial charge in [0.1, 0.15) is 5.75 Å². The second-order valence-electron chi connectivity index (χ2n) is 3.93. The normalized spacial score (nSPS) is 15.1. The van der Waals surface area contributed by atoms with E-state index in [1.807, 2.05) is 24.3 Å². The molecule has 1 aromatic carbocycles. The maximum Gasteiger partial charge on any atom is 0.171 e. The van der Waals surface area contributed by atoms with E-state index in [1.54, 1.807) is 7.11 Å². The van der Waals surface area contributed by atoms with Gasteiger partial charge in [-0.05, 0) is 43.6 Å². The smallest absolute Gasteiger partial charge is 0.171 e. The Labute approximate surface area is 101 Å². The average molecular weight is 236 g/mol. The summed E-state index contributed by atoms with van der Waals surface area (Å²) in [7, 11) is 1.66. The van der Waals surface area contributed by atoms with Crippen LogP contribution in [0.4, 0.5) is 5.69 Å². The second-order valence-corrected chi connectivity index (χ2v) is 4.33. The molecule has 0 heterocycles. The Morgan fingerprint density at radius 3 is 2.75 bits per heavy atom. The van der Waals surface area contributed by atoms with E-state index < -0.39 is 0 Å². The van der Waals surface area contributed by atoms with Gasteiger partial charge in [-0.25, -0.2) is 0 Å². The summed E-state index contributed by atoms with van der Waals surface area (Å²) in [6.45, 7) is 0. The molecule has 0 bridgehead atoms. The molecule has 0 radical (unpaired) electrons. The molecule has 2 N–H and O–H groups in total. The van der Waals surface area contributed by atoms with Crippen molar-refractivity contribution in [3.8, 4) is 5.75 Å². The Balaban J connectivity index is 1.94. The highest BCUT2D eigenvalue weighted by Crippen LogP contribution is 2.23. The van der Waals surface area contributed by atoms with Crippen molar-refractivity contribution in [2.24, 2.45) is 0 Å². The highest BCUT2D eigenvalue weighted by molar-refractivity contribution is 7.80. The van der Waals surface area contributed by atoms with Gasteiger partial charge in [-0.2, -0.15) is 0 Å². The van der Waals surface area contributed by atoms with Gasteiger partial charge in [0, 0.05) is 6.04 Å². The SMILES string of the molecule is COc1ccccc1NC(=S)NC1CCC1. The fourth-order valence-corrected chi connectivity index (χ4v) is 1.92. The highest BCUT2D eigenvalue weighted by Gasteiger charge is 2.18. The standard InChI is InChI=1S/C12H16N2OS/c1-15-11-8-3-2-7-10(11)14-12(16)13-9-5-4-6-9/h2-3,7-9H,4-6H2,1H3,(H2,13,14,16). The molecular formula is C12H16N2OS. The quantitative estimate of drug-likeness (QED) is 0.790.